The van der Waals surface area contributed by atoms with Gasteiger partial charge in [0.1, 0.15) is 6.10 Å². The summed E-state index contributed by atoms with van der Waals surface area (Å²) in [7, 11) is 0. The minimum atomic E-state index is -0.938. The van der Waals surface area contributed by atoms with Gasteiger partial charge in [-0.15, -0.1) is 0 Å². The summed E-state index contributed by atoms with van der Waals surface area (Å²) in [4.78, 5) is 11.7. The molecule has 0 aliphatic carbocycles. The molecule has 0 spiro atoms. The number of carbonyl (C=O) groups excluding carboxylic acids is 1. The second kappa shape index (κ2) is 6.57. The van der Waals surface area contributed by atoms with Crippen LogP contribution in [0.25, 0.3) is 0 Å². The molecule has 1 saturated heterocycles. The molecule has 0 aromatic heterocycles. The number of hydrogen-bond acceptors (Lipinski definition) is 3. The highest BCUT2D eigenvalue weighted by Gasteiger charge is 2.24. The molecule has 2 N–H and O–H groups in total. The summed E-state index contributed by atoms with van der Waals surface area (Å²) in [5.74, 6) is -0.209. The van der Waals surface area contributed by atoms with Crippen LogP contribution in [0.15, 0.2) is 18.2 Å². The first-order valence-corrected chi connectivity index (χ1v) is 6.86. The fourth-order valence-electron chi connectivity index (χ4n) is 2.03. The number of amides is 1. The second-order valence-electron chi connectivity index (χ2n) is 4.40. The van der Waals surface area contributed by atoms with Crippen molar-refractivity contribution < 1.29 is 14.6 Å². The Labute approximate surface area is 121 Å². The molecule has 1 amide bonds. The van der Waals surface area contributed by atoms with Crippen LogP contribution >= 0.6 is 23.2 Å². The molecule has 4 nitrogen and oxygen atoms in total. The average molecular weight is 304 g/mol. The van der Waals surface area contributed by atoms with Crippen LogP contribution in [0, 0.1) is 0 Å². The highest BCUT2D eigenvalue weighted by molar-refractivity contribution is 6.36. The molecular formula is C13H15Cl2NO3. The topological polar surface area (TPSA) is 58.6 Å². The average Bonchev–Trinajstić information content (AvgIpc) is 2.89. The zero-order valence-electron chi connectivity index (χ0n) is 10.2. The van der Waals surface area contributed by atoms with Crippen LogP contribution in [0.1, 0.15) is 24.5 Å². The van der Waals surface area contributed by atoms with Crippen molar-refractivity contribution in [2.24, 2.45) is 0 Å². The minimum absolute atomic E-state index is 0.0577. The monoisotopic (exact) mass is 303 g/mol. The summed E-state index contributed by atoms with van der Waals surface area (Å²) in [5, 5.41) is 13.5. The Morgan fingerprint density at radius 2 is 2.16 bits per heavy atom. The Morgan fingerprint density at radius 3 is 2.74 bits per heavy atom. The van der Waals surface area contributed by atoms with Gasteiger partial charge in [0.15, 0.2) is 0 Å². The van der Waals surface area contributed by atoms with Crippen LogP contribution in [0.4, 0.5) is 0 Å². The fraction of sp³-hybridized carbons (Fsp3) is 0.462. The zero-order valence-corrected chi connectivity index (χ0v) is 11.7. The lowest BCUT2D eigenvalue weighted by Gasteiger charge is -2.16. The normalized spacial score (nSPS) is 20.3. The van der Waals surface area contributed by atoms with Gasteiger partial charge in [0.2, 0.25) is 5.91 Å². The molecular weight excluding hydrogens is 289 g/mol. The Balaban J connectivity index is 1.93. The van der Waals surface area contributed by atoms with E-state index in [1.54, 1.807) is 18.2 Å². The fourth-order valence-corrected chi connectivity index (χ4v) is 2.68. The third kappa shape index (κ3) is 3.60. The maximum Gasteiger partial charge on any atom is 0.249 e. The number of carbonyl (C=O) groups is 1. The van der Waals surface area contributed by atoms with Gasteiger partial charge in [0.25, 0.3) is 0 Å². The molecule has 104 valence electrons. The quantitative estimate of drug-likeness (QED) is 0.897. The van der Waals surface area contributed by atoms with Crippen LogP contribution in [-0.4, -0.2) is 30.3 Å². The van der Waals surface area contributed by atoms with E-state index in [1.165, 1.54) is 0 Å². The van der Waals surface area contributed by atoms with E-state index in [9.17, 15) is 9.90 Å². The first-order valence-electron chi connectivity index (χ1n) is 6.11. The largest absolute Gasteiger partial charge is 0.386 e. The first kappa shape index (κ1) is 14.6. The van der Waals surface area contributed by atoms with E-state index in [-0.39, 0.29) is 12.5 Å². The van der Waals surface area contributed by atoms with Gasteiger partial charge in [-0.2, -0.15) is 0 Å². The number of hydrogen-bond donors (Lipinski definition) is 2. The van der Waals surface area contributed by atoms with Crippen molar-refractivity contribution >= 4 is 29.1 Å². The highest BCUT2D eigenvalue weighted by Crippen LogP contribution is 2.29. The molecule has 1 fully saturated rings. The summed E-state index contributed by atoms with van der Waals surface area (Å²) in [6.45, 7) is 0.666. The Kier molecular flexibility index (Phi) is 5.05. The lowest BCUT2D eigenvalue weighted by atomic mass is 10.1. The Hall–Kier alpha value is -0.810. The van der Waals surface area contributed by atoms with Gasteiger partial charge in [-0.1, -0.05) is 29.3 Å². The number of ether oxygens (including phenoxy) is 1. The van der Waals surface area contributed by atoms with E-state index in [0.29, 0.717) is 22.2 Å². The lowest BCUT2D eigenvalue weighted by Crippen LogP contribution is -2.36. The molecule has 1 aromatic carbocycles. The van der Waals surface area contributed by atoms with E-state index in [2.05, 4.69) is 5.32 Å². The van der Waals surface area contributed by atoms with Crippen LogP contribution in [0.3, 0.4) is 0 Å². The molecule has 2 atom stereocenters. The van der Waals surface area contributed by atoms with E-state index in [4.69, 9.17) is 27.9 Å². The molecule has 6 heteroatoms. The molecule has 0 bridgehead atoms. The molecule has 2 rings (SSSR count). The third-order valence-corrected chi connectivity index (χ3v) is 3.68. The van der Waals surface area contributed by atoms with Gasteiger partial charge in [-0.05, 0) is 25.0 Å². The SMILES string of the molecule is O=C(NC[C@H](O)c1c(Cl)cccc1Cl)[C@H]1CCCO1. The Bertz CT molecular complexity index is 441. The van der Waals surface area contributed by atoms with Gasteiger partial charge in [0.05, 0.1) is 6.10 Å². The number of halogens is 2. The number of aliphatic hydroxyl groups excluding tert-OH is 1. The van der Waals surface area contributed by atoms with Crippen molar-refractivity contribution in [3.8, 4) is 0 Å². The summed E-state index contributed by atoms with van der Waals surface area (Å²) < 4.78 is 5.25. The van der Waals surface area contributed by atoms with Crippen molar-refractivity contribution in [3.63, 3.8) is 0 Å². The zero-order chi connectivity index (χ0) is 13.8. The van der Waals surface area contributed by atoms with Gasteiger partial charge in [0, 0.05) is 28.8 Å². The number of benzene rings is 1. The maximum atomic E-state index is 11.7. The summed E-state index contributed by atoms with van der Waals surface area (Å²) in [6.07, 6.45) is 0.256. The van der Waals surface area contributed by atoms with Gasteiger partial charge in [-0.25, -0.2) is 0 Å². The van der Waals surface area contributed by atoms with Crippen LogP contribution in [-0.2, 0) is 9.53 Å². The van der Waals surface area contributed by atoms with E-state index in [0.717, 1.165) is 12.8 Å². The summed E-state index contributed by atoms with van der Waals surface area (Å²) in [5.41, 5.74) is 0.429. The van der Waals surface area contributed by atoms with Crippen LogP contribution in [0.2, 0.25) is 10.0 Å². The predicted molar refractivity (Wildman–Crippen MR) is 73.4 cm³/mol. The van der Waals surface area contributed by atoms with Crippen molar-refractivity contribution in [1.29, 1.82) is 0 Å². The van der Waals surface area contributed by atoms with Gasteiger partial charge < -0.3 is 15.2 Å². The molecule has 0 saturated carbocycles. The maximum absolute atomic E-state index is 11.7. The summed E-state index contributed by atoms with van der Waals surface area (Å²) >= 11 is 12.0. The van der Waals surface area contributed by atoms with Gasteiger partial charge >= 0.3 is 0 Å². The molecule has 0 radical (unpaired) electrons. The molecule has 1 heterocycles. The van der Waals surface area contributed by atoms with Crippen LogP contribution < -0.4 is 5.32 Å². The van der Waals surface area contributed by atoms with Gasteiger partial charge in [-0.3, -0.25) is 4.79 Å². The van der Waals surface area contributed by atoms with E-state index in [1.807, 2.05) is 0 Å². The second-order valence-corrected chi connectivity index (χ2v) is 5.21. The molecule has 19 heavy (non-hydrogen) atoms. The van der Waals surface area contributed by atoms with Crippen molar-refractivity contribution in [2.45, 2.75) is 25.0 Å². The number of aliphatic hydroxyl groups is 1. The van der Waals surface area contributed by atoms with Crippen molar-refractivity contribution in [1.82, 2.24) is 5.32 Å². The smallest absolute Gasteiger partial charge is 0.249 e. The van der Waals surface area contributed by atoms with Crippen LogP contribution in [0.5, 0.6) is 0 Å². The molecule has 1 aliphatic heterocycles. The molecule has 0 unspecified atom stereocenters. The third-order valence-electron chi connectivity index (χ3n) is 3.02. The standard InChI is InChI=1S/C13H15Cl2NO3/c14-8-3-1-4-9(15)12(8)10(17)7-16-13(18)11-5-2-6-19-11/h1,3-4,10-11,17H,2,5-7H2,(H,16,18)/t10-,11+/m0/s1. The molecule has 1 aliphatic rings. The summed E-state index contributed by atoms with van der Waals surface area (Å²) in [6, 6.07) is 4.99. The first-order chi connectivity index (χ1) is 9.09. The molecule has 1 aromatic rings. The van der Waals surface area contributed by atoms with E-state index >= 15 is 0 Å². The minimum Gasteiger partial charge on any atom is -0.386 e. The van der Waals surface area contributed by atoms with E-state index < -0.39 is 12.2 Å². The highest BCUT2D eigenvalue weighted by atomic mass is 35.5. The van der Waals surface area contributed by atoms with Crippen molar-refractivity contribution in [3.05, 3.63) is 33.8 Å². The number of nitrogens with one attached hydrogen (secondary N) is 1. The number of rotatable bonds is 4. The Morgan fingerprint density at radius 1 is 1.47 bits per heavy atom. The predicted octanol–water partition coefficient (Wildman–Crippen LogP) is 2.32. The lowest BCUT2D eigenvalue weighted by molar-refractivity contribution is -0.130. The van der Waals surface area contributed by atoms with Crippen molar-refractivity contribution in [2.75, 3.05) is 13.2 Å².